The Bertz CT molecular complexity index is 806. The normalized spacial score (nSPS) is 10.2. The molecular formula is C22H23NO4. The van der Waals surface area contributed by atoms with Gasteiger partial charge in [-0.05, 0) is 48.5 Å². The zero-order valence-electron chi connectivity index (χ0n) is 15.9. The Labute approximate surface area is 159 Å². The van der Waals surface area contributed by atoms with Gasteiger partial charge in [-0.15, -0.1) is 0 Å². The fraction of sp³-hybridized carbons (Fsp3) is 0.182. The lowest BCUT2D eigenvalue weighted by Gasteiger charge is -2.26. The Morgan fingerprint density at radius 3 is 1.15 bits per heavy atom. The first-order valence-electron chi connectivity index (χ1n) is 8.50. The summed E-state index contributed by atoms with van der Waals surface area (Å²) < 4.78 is 21.5. The molecule has 0 aliphatic rings. The van der Waals surface area contributed by atoms with Gasteiger partial charge >= 0.3 is 0 Å². The molecule has 0 saturated carbocycles. The fourth-order valence-electron chi connectivity index (χ4n) is 2.83. The molecule has 0 spiro atoms. The minimum Gasteiger partial charge on any atom is -0.497 e. The van der Waals surface area contributed by atoms with Gasteiger partial charge in [0.25, 0.3) is 0 Å². The van der Waals surface area contributed by atoms with E-state index in [1.54, 1.807) is 28.4 Å². The van der Waals surface area contributed by atoms with E-state index in [0.717, 1.165) is 40.1 Å². The summed E-state index contributed by atoms with van der Waals surface area (Å²) in [7, 11) is 6.60. The van der Waals surface area contributed by atoms with Crippen LogP contribution in [0, 0.1) is 0 Å². The molecule has 27 heavy (non-hydrogen) atoms. The van der Waals surface area contributed by atoms with E-state index < -0.39 is 0 Å². The number of rotatable bonds is 7. The molecule has 0 radical (unpaired) electrons. The van der Waals surface area contributed by atoms with Crippen molar-refractivity contribution in [2.24, 2.45) is 0 Å². The maximum absolute atomic E-state index is 5.45. The van der Waals surface area contributed by atoms with Gasteiger partial charge in [0.2, 0.25) is 0 Å². The Hall–Kier alpha value is -3.34. The lowest BCUT2D eigenvalue weighted by Crippen LogP contribution is -2.10. The van der Waals surface area contributed by atoms with Crippen LogP contribution in [0.3, 0.4) is 0 Å². The standard InChI is InChI=1S/C22H23NO4/c1-24-19-9-5-16(6-10-19)23(17-7-11-20(25-2)12-8-17)18-13-21(26-3)15-22(14-18)27-4/h5-15H,1-4H3. The van der Waals surface area contributed by atoms with Gasteiger partial charge in [-0.25, -0.2) is 0 Å². The van der Waals surface area contributed by atoms with Crippen molar-refractivity contribution in [1.82, 2.24) is 0 Å². The van der Waals surface area contributed by atoms with Crippen molar-refractivity contribution >= 4 is 17.1 Å². The van der Waals surface area contributed by atoms with E-state index in [1.807, 2.05) is 66.7 Å². The summed E-state index contributed by atoms with van der Waals surface area (Å²) >= 11 is 0. The van der Waals surface area contributed by atoms with Crippen molar-refractivity contribution < 1.29 is 18.9 Å². The predicted octanol–water partition coefficient (Wildman–Crippen LogP) is 5.19. The highest BCUT2D eigenvalue weighted by Crippen LogP contribution is 2.39. The molecule has 0 aliphatic carbocycles. The largest absolute Gasteiger partial charge is 0.497 e. The summed E-state index contributed by atoms with van der Waals surface area (Å²) in [6.07, 6.45) is 0. The molecule has 0 aromatic heterocycles. The minimum absolute atomic E-state index is 0.719. The van der Waals surface area contributed by atoms with Crippen LogP contribution in [0.25, 0.3) is 0 Å². The fourth-order valence-corrected chi connectivity index (χ4v) is 2.83. The molecule has 140 valence electrons. The minimum atomic E-state index is 0.719. The number of benzene rings is 3. The van der Waals surface area contributed by atoms with E-state index in [2.05, 4.69) is 4.90 Å². The molecule has 5 heteroatoms. The maximum Gasteiger partial charge on any atom is 0.124 e. The summed E-state index contributed by atoms with van der Waals surface area (Å²) in [6, 6.07) is 21.6. The van der Waals surface area contributed by atoms with Gasteiger partial charge in [-0.2, -0.15) is 0 Å². The van der Waals surface area contributed by atoms with Crippen LogP contribution in [0.2, 0.25) is 0 Å². The molecule has 3 rings (SSSR count). The number of hydrogen-bond acceptors (Lipinski definition) is 5. The number of methoxy groups -OCH3 is 4. The highest BCUT2D eigenvalue weighted by atomic mass is 16.5. The van der Waals surface area contributed by atoms with Crippen LogP contribution in [-0.2, 0) is 0 Å². The second-order valence-electron chi connectivity index (χ2n) is 5.80. The van der Waals surface area contributed by atoms with Crippen LogP contribution in [0.1, 0.15) is 0 Å². The Morgan fingerprint density at radius 1 is 0.444 bits per heavy atom. The van der Waals surface area contributed by atoms with E-state index in [9.17, 15) is 0 Å². The predicted molar refractivity (Wildman–Crippen MR) is 107 cm³/mol. The van der Waals surface area contributed by atoms with Gasteiger partial charge in [0.05, 0.1) is 34.1 Å². The Morgan fingerprint density at radius 2 is 0.815 bits per heavy atom. The van der Waals surface area contributed by atoms with Crippen molar-refractivity contribution in [1.29, 1.82) is 0 Å². The van der Waals surface area contributed by atoms with Gasteiger partial charge in [0.1, 0.15) is 23.0 Å². The molecule has 5 nitrogen and oxygen atoms in total. The molecule has 0 aliphatic heterocycles. The first-order chi connectivity index (χ1) is 13.2. The summed E-state index contributed by atoms with van der Waals surface area (Å²) in [5, 5.41) is 0. The lowest BCUT2D eigenvalue weighted by molar-refractivity contribution is 0.394. The molecule has 0 amide bonds. The first kappa shape index (κ1) is 18.5. The number of anilines is 3. The molecule has 3 aromatic carbocycles. The molecule has 0 atom stereocenters. The zero-order valence-corrected chi connectivity index (χ0v) is 15.9. The lowest BCUT2D eigenvalue weighted by atomic mass is 10.1. The highest BCUT2D eigenvalue weighted by molar-refractivity contribution is 5.78. The van der Waals surface area contributed by atoms with E-state index in [-0.39, 0.29) is 0 Å². The van der Waals surface area contributed by atoms with Crippen LogP contribution in [-0.4, -0.2) is 28.4 Å². The van der Waals surface area contributed by atoms with E-state index in [4.69, 9.17) is 18.9 Å². The van der Waals surface area contributed by atoms with Gasteiger partial charge < -0.3 is 23.8 Å². The SMILES string of the molecule is COc1ccc(N(c2ccc(OC)cc2)c2cc(OC)cc(OC)c2)cc1. The van der Waals surface area contributed by atoms with E-state index >= 15 is 0 Å². The summed E-state index contributed by atoms with van der Waals surface area (Å²) in [5.74, 6) is 3.04. The Balaban J connectivity index is 2.13. The third-order valence-corrected chi connectivity index (χ3v) is 4.26. The molecule has 0 bridgehead atoms. The molecule has 0 unspecified atom stereocenters. The third kappa shape index (κ3) is 4.08. The molecule has 0 fully saturated rings. The second-order valence-corrected chi connectivity index (χ2v) is 5.80. The van der Waals surface area contributed by atoms with Crippen LogP contribution in [0.4, 0.5) is 17.1 Å². The van der Waals surface area contributed by atoms with Crippen LogP contribution in [0.5, 0.6) is 23.0 Å². The van der Waals surface area contributed by atoms with Crippen LogP contribution < -0.4 is 23.8 Å². The molecular weight excluding hydrogens is 342 g/mol. The van der Waals surface area contributed by atoms with Crippen LogP contribution in [0.15, 0.2) is 66.7 Å². The van der Waals surface area contributed by atoms with E-state index in [1.165, 1.54) is 0 Å². The zero-order chi connectivity index (χ0) is 19.2. The quantitative estimate of drug-likeness (QED) is 0.576. The monoisotopic (exact) mass is 365 g/mol. The van der Waals surface area contributed by atoms with Gasteiger partial charge in [0.15, 0.2) is 0 Å². The first-order valence-corrected chi connectivity index (χ1v) is 8.50. The average Bonchev–Trinajstić information content (AvgIpc) is 2.74. The van der Waals surface area contributed by atoms with Crippen LogP contribution >= 0.6 is 0 Å². The summed E-state index contributed by atoms with van der Waals surface area (Å²) in [5.41, 5.74) is 2.88. The topological polar surface area (TPSA) is 40.2 Å². The highest BCUT2D eigenvalue weighted by Gasteiger charge is 2.15. The summed E-state index contributed by atoms with van der Waals surface area (Å²) in [4.78, 5) is 2.11. The van der Waals surface area contributed by atoms with Crippen molar-refractivity contribution in [2.45, 2.75) is 0 Å². The smallest absolute Gasteiger partial charge is 0.124 e. The van der Waals surface area contributed by atoms with Gasteiger partial charge in [-0.3, -0.25) is 0 Å². The maximum atomic E-state index is 5.45. The Kier molecular flexibility index (Phi) is 5.71. The van der Waals surface area contributed by atoms with Crippen molar-refractivity contribution in [3.8, 4) is 23.0 Å². The molecule has 0 saturated heterocycles. The number of hydrogen-bond donors (Lipinski definition) is 0. The second kappa shape index (κ2) is 8.36. The van der Waals surface area contributed by atoms with E-state index in [0.29, 0.717) is 0 Å². The molecule has 0 heterocycles. The van der Waals surface area contributed by atoms with Crippen molar-refractivity contribution in [2.75, 3.05) is 33.3 Å². The van der Waals surface area contributed by atoms with Crippen molar-refractivity contribution in [3.63, 3.8) is 0 Å². The average molecular weight is 365 g/mol. The van der Waals surface area contributed by atoms with Gasteiger partial charge in [-0.1, -0.05) is 0 Å². The summed E-state index contributed by atoms with van der Waals surface area (Å²) in [6.45, 7) is 0. The molecule has 0 N–H and O–H groups in total. The van der Waals surface area contributed by atoms with Gasteiger partial charge in [0, 0.05) is 29.6 Å². The number of ether oxygens (including phenoxy) is 4. The van der Waals surface area contributed by atoms with Crippen molar-refractivity contribution in [3.05, 3.63) is 66.7 Å². The number of nitrogens with zero attached hydrogens (tertiary/aromatic N) is 1. The molecule has 3 aromatic rings. The third-order valence-electron chi connectivity index (χ3n) is 4.26.